The molecule has 0 unspecified atom stereocenters. The number of ether oxygens (including phenoxy) is 1. The van der Waals surface area contributed by atoms with Crippen molar-refractivity contribution in [2.24, 2.45) is 0 Å². The summed E-state index contributed by atoms with van der Waals surface area (Å²) in [4.78, 5) is 23.5. The quantitative estimate of drug-likeness (QED) is 0.593. The lowest BCUT2D eigenvalue weighted by Gasteiger charge is -2.26. The van der Waals surface area contributed by atoms with Gasteiger partial charge in [0.15, 0.2) is 12.4 Å². The molecule has 22 heavy (non-hydrogen) atoms. The molecule has 0 aliphatic carbocycles. The van der Waals surface area contributed by atoms with Gasteiger partial charge in [-0.05, 0) is 37.1 Å². The Morgan fingerprint density at radius 1 is 1.18 bits per heavy atom. The molecule has 4 nitrogen and oxygen atoms in total. The predicted octanol–water partition coefficient (Wildman–Crippen LogP) is 2.97. The first-order valence-electron chi connectivity index (χ1n) is 7.55. The first kappa shape index (κ1) is 17.8. The van der Waals surface area contributed by atoms with E-state index in [2.05, 4.69) is 11.2 Å². The van der Waals surface area contributed by atoms with Crippen LogP contribution in [0.2, 0.25) is 0 Å². The number of benzene rings is 1. The highest BCUT2D eigenvalue weighted by Gasteiger charge is 2.25. The van der Waals surface area contributed by atoms with Crippen molar-refractivity contribution in [1.82, 2.24) is 5.32 Å². The summed E-state index contributed by atoms with van der Waals surface area (Å²) in [5.74, 6) is 3.01. The molecule has 0 spiro atoms. The molecule has 0 radical (unpaired) electrons. The molecule has 0 saturated heterocycles. The van der Waals surface area contributed by atoms with Gasteiger partial charge in [-0.25, -0.2) is 0 Å². The highest BCUT2D eigenvalue weighted by Crippen LogP contribution is 2.15. The highest BCUT2D eigenvalue weighted by molar-refractivity contribution is 5.95. The molecule has 0 aliphatic rings. The Morgan fingerprint density at radius 3 is 2.23 bits per heavy atom. The van der Waals surface area contributed by atoms with Gasteiger partial charge in [-0.2, -0.15) is 0 Å². The Balaban J connectivity index is 2.58. The minimum Gasteiger partial charge on any atom is -0.484 e. The van der Waals surface area contributed by atoms with Gasteiger partial charge in [-0.1, -0.05) is 26.7 Å². The fourth-order valence-electron chi connectivity index (χ4n) is 2.06. The lowest BCUT2D eigenvalue weighted by Crippen LogP contribution is -2.48. The minimum atomic E-state index is -0.613. The van der Waals surface area contributed by atoms with Crippen molar-refractivity contribution in [3.8, 4) is 18.1 Å². The van der Waals surface area contributed by atoms with E-state index in [1.165, 1.54) is 0 Å². The number of rotatable bonds is 8. The lowest BCUT2D eigenvalue weighted by atomic mass is 9.94. The molecule has 0 atom stereocenters. The number of carbonyl (C=O) groups excluding carboxylic acids is 2. The van der Waals surface area contributed by atoms with Gasteiger partial charge < -0.3 is 10.1 Å². The van der Waals surface area contributed by atoms with E-state index in [9.17, 15) is 9.59 Å². The van der Waals surface area contributed by atoms with Crippen LogP contribution in [0.15, 0.2) is 24.3 Å². The van der Waals surface area contributed by atoms with Crippen LogP contribution in [0.3, 0.4) is 0 Å². The molecule has 0 aromatic heterocycles. The van der Waals surface area contributed by atoms with Gasteiger partial charge in [0.2, 0.25) is 0 Å². The Morgan fingerprint density at radius 2 is 1.77 bits per heavy atom. The number of hydrogen-bond donors (Lipinski definition) is 1. The SMILES string of the molecule is C#CC(CC)(CC)NC(=O)COc1ccc(C(=O)CC)cc1. The largest absolute Gasteiger partial charge is 0.484 e. The Labute approximate surface area is 132 Å². The van der Waals surface area contributed by atoms with Crippen LogP contribution in [0.5, 0.6) is 5.75 Å². The van der Waals surface area contributed by atoms with E-state index in [0.717, 1.165) is 0 Å². The molecule has 0 fully saturated rings. The number of ketones is 1. The molecule has 0 bridgehead atoms. The van der Waals surface area contributed by atoms with Gasteiger partial charge in [0.1, 0.15) is 11.3 Å². The number of amides is 1. The van der Waals surface area contributed by atoms with E-state index in [4.69, 9.17) is 11.2 Å². The summed E-state index contributed by atoms with van der Waals surface area (Å²) in [5, 5.41) is 2.83. The van der Waals surface area contributed by atoms with Crippen LogP contribution < -0.4 is 10.1 Å². The summed E-state index contributed by atoms with van der Waals surface area (Å²) >= 11 is 0. The van der Waals surface area contributed by atoms with Gasteiger partial charge in [-0.15, -0.1) is 6.42 Å². The number of nitrogens with one attached hydrogen (secondary N) is 1. The van der Waals surface area contributed by atoms with Gasteiger partial charge in [0.05, 0.1) is 0 Å². The van der Waals surface area contributed by atoms with Crippen molar-refractivity contribution in [3.63, 3.8) is 0 Å². The fraction of sp³-hybridized carbons (Fsp3) is 0.444. The normalized spacial score (nSPS) is 10.6. The van der Waals surface area contributed by atoms with Crippen LogP contribution in [-0.4, -0.2) is 23.8 Å². The number of hydrogen-bond acceptors (Lipinski definition) is 3. The summed E-state index contributed by atoms with van der Waals surface area (Å²) in [5.41, 5.74) is 0.0281. The van der Waals surface area contributed by atoms with Crippen LogP contribution >= 0.6 is 0 Å². The predicted molar refractivity (Wildman–Crippen MR) is 86.8 cm³/mol. The lowest BCUT2D eigenvalue weighted by molar-refractivity contribution is -0.124. The van der Waals surface area contributed by atoms with Crippen LogP contribution in [0.4, 0.5) is 0 Å². The van der Waals surface area contributed by atoms with E-state index in [1.54, 1.807) is 24.3 Å². The zero-order valence-electron chi connectivity index (χ0n) is 13.4. The molecule has 1 rings (SSSR count). The molecular weight excluding hydrogens is 278 g/mol. The molecular formula is C18H23NO3. The monoisotopic (exact) mass is 301 g/mol. The summed E-state index contributed by atoms with van der Waals surface area (Å²) in [6.07, 6.45) is 7.30. The zero-order chi connectivity index (χ0) is 16.6. The van der Waals surface area contributed by atoms with Crippen LogP contribution in [-0.2, 0) is 4.79 Å². The average molecular weight is 301 g/mol. The second-order valence-electron chi connectivity index (χ2n) is 5.07. The topological polar surface area (TPSA) is 55.4 Å². The second kappa shape index (κ2) is 8.23. The van der Waals surface area contributed by atoms with Crippen LogP contribution in [0.1, 0.15) is 50.4 Å². The first-order valence-corrected chi connectivity index (χ1v) is 7.55. The number of carbonyl (C=O) groups is 2. The van der Waals surface area contributed by atoms with Gasteiger partial charge >= 0.3 is 0 Å². The van der Waals surface area contributed by atoms with Gasteiger partial charge in [0, 0.05) is 12.0 Å². The highest BCUT2D eigenvalue weighted by atomic mass is 16.5. The third kappa shape index (κ3) is 4.63. The molecule has 0 heterocycles. The second-order valence-corrected chi connectivity index (χ2v) is 5.07. The molecule has 1 amide bonds. The van der Waals surface area contributed by atoms with Crippen LogP contribution in [0, 0.1) is 12.3 Å². The Kier molecular flexibility index (Phi) is 6.65. The summed E-state index contributed by atoms with van der Waals surface area (Å²) in [6.45, 7) is 5.59. The van der Waals surface area contributed by atoms with Crippen molar-refractivity contribution in [2.45, 2.75) is 45.6 Å². The molecule has 118 valence electrons. The van der Waals surface area contributed by atoms with Crippen LogP contribution in [0.25, 0.3) is 0 Å². The third-order valence-corrected chi connectivity index (χ3v) is 3.73. The van der Waals surface area contributed by atoms with Crippen molar-refractivity contribution in [1.29, 1.82) is 0 Å². The van der Waals surface area contributed by atoms with Crippen molar-refractivity contribution >= 4 is 11.7 Å². The molecule has 1 aromatic carbocycles. The maximum absolute atomic E-state index is 11.9. The van der Waals surface area contributed by atoms with Crippen molar-refractivity contribution < 1.29 is 14.3 Å². The Bertz CT molecular complexity index is 551. The smallest absolute Gasteiger partial charge is 0.259 e. The van der Waals surface area contributed by atoms with E-state index in [-0.39, 0.29) is 18.3 Å². The summed E-state index contributed by atoms with van der Waals surface area (Å²) in [6, 6.07) is 6.76. The van der Waals surface area contributed by atoms with Gasteiger partial charge in [-0.3, -0.25) is 9.59 Å². The molecule has 1 N–H and O–H groups in total. The number of Topliss-reactive ketones (excluding diaryl/α,β-unsaturated/α-hetero) is 1. The average Bonchev–Trinajstić information content (AvgIpc) is 2.57. The molecule has 1 aromatic rings. The zero-order valence-corrected chi connectivity index (χ0v) is 13.4. The maximum Gasteiger partial charge on any atom is 0.259 e. The van der Waals surface area contributed by atoms with E-state index in [0.29, 0.717) is 30.6 Å². The van der Waals surface area contributed by atoms with Crippen molar-refractivity contribution in [2.75, 3.05) is 6.61 Å². The first-order chi connectivity index (χ1) is 10.5. The fourth-order valence-corrected chi connectivity index (χ4v) is 2.06. The summed E-state index contributed by atoms with van der Waals surface area (Å²) < 4.78 is 5.42. The summed E-state index contributed by atoms with van der Waals surface area (Å²) in [7, 11) is 0. The van der Waals surface area contributed by atoms with E-state index < -0.39 is 5.54 Å². The van der Waals surface area contributed by atoms with Gasteiger partial charge in [0.25, 0.3) is 5.91 Å². The molecule has 0 saturated carbocycles. The Hall–Kier alpha value is -2.28. The molecule has 0 aliphatic heterocycles. The van der Waals surface area contributed by atoms with Crippen molar-refractivity contribution in [3.05, 3.63) is 29.8 Å². The standard InChI is InChI=1S/C18H23NO3/c1-5-16(20)14-9-11-15(12-10-14)22-13-17(21)19-18(6-2,7-3)8-4/h2,9-12H,5,7-8,13H2,1,3-4H3,(H,19,21). The molecule has 4 heteroatoms. The maximum atomic E-state index is 11.9. The number of terminal acetylenes is 1. The minimum absolute atomic E-state index is 0.0778. The van der Waals surface area contributed by atoms with E-state index in [1.807, 2.05) is 20.8 Å². The van der Waals surface area contributed by atoms with E-state index >= 15 is 0 Å². The third-order valence-electron chi connectivity index (χ3n) is 3.73.